The highest BCUT2D eigenvalue weighted by atomic mass is 16.2. The van der Waals surface area contributed by atoms with Crippen LogP contribution in [0, 0.1) is 29.6 Å². The highest BCUT2D eigenvalue weighted by Gasteiger charge is 2.31. The summed E-state index contributed by atoms with van der Waals surface area (Å²) in [6.45, 7) is 6.88. The molecule has 1 amide bonds. The number of aromatic nitrogens is 2. The van der Waals surface area contributed by atoms with Crippen LogP contribution in [0.25, 0.3) is 11.3 Å². The quantitative estimate of drug-likeness (QED) is 0.659. The molecule has 0 saturated carbocycles. The summed E-state index contributed by atoms with van der Waals surface area (Å²) in [5.74, 6) is -0.0711. The van der Waals surface area contributed by atoms with Crippen molar-refractivity contribution in [2.75, 3.05) is 11.9 Å². The molecule has 2 aromatic carbocycles. The summed E-state index contributed by atoms with van der Waals surface area (Å²) in [6.07, 6.45) is 0. The van der Waals surface area contributed by atoms with E-state index in [-0.39, 0.29) is 18.0 Å². The Morgan fingerprint density at radius 2 is 1.94 bits per heavy atom. The molecule has 0 bridgehead atoms. The fourth-order valence-corrected chi connectivity index (χ4v) is 3.97. The first-order valence-corrected chi connectivity index (χ1v) is 10.5. The Bertz CT molecular complexity index is 1240. The summed E-state index contributed by atoms with van der Waals surface area (Å²) in [7, 11) is 0. The van der Waals surface area contributed by atoms with E-state index in [2.05, 4.69) is 17.5 Å². The molecule has 0 radical (unpaired) electrons. The smallest absolute Gasteiger partial charge is 0.272 e. The second kappa shape index (κ2) is 8.56. The molecule has 2 heterocycles. The van der Waals surface area contributed by atoms with E-state index in [1.807, 2.05) is 55.1 Å². The van der Waals surface area contributed by atoms with E-state index in [4.69, 9.17) is 10.4 Å². The van der Waals surface area contributed by atoms with Gasteiger partial charge in [-0.05, 0) is 56.2 Å². The second-order valence-electron chi connectivity index (χ2n) is 8.25. The lowest BCUT2D eigenvalue weighted by Gasteiger charge is -2.31. The van der Waals surface area contributed by atoms with E-state index < -0.39 is 0 Å². The van der Waals surface area contributed by atoms with E-state index in [0.29, 0.717) is 30.0 Å². The van der Waals surface area contributed by atoms with Crippen LogP contribution in [-0.4, -0.2) is 33.2 Å². The molecule has 0 fully saturated rings. The number of fused-ring (bicyclic) bond motifs is 1. The molecule has 7 nitrogen and oxygen atoms in total. The number of hydrogen-bond acceptors (Lipinski definition) is 5. The molecule has 32 heavy (non-hydrogen) atoms. The Morgan fingerprint density at radius 3 is 2.62 bits per heavy atom. The van der Waals surface area contributed by atoms with Crippen molar-refractivity contribution in [2.45, 2.75) is 39.4 Å². The fraction of sp³-hybridized carbons (Fsp3) is 0.280. The molecule has 1 aromatic heterocycles. The van der Waals surface area contributed by atoms with Crippen LogP contribution in [0.5, 0.6) is 0 Å². The van der Waals surface area contributed by atoms with E-state index in [1.54, 1.807) is 23.7 Å². The zero-order valence-electron chi connectivity index (χ0n) is 18.3. The summed E-state index contributed by atoms with van der Waals surface area (Å²) in [5.41, 5.74) is 5.59. The molecule has 2 unspecified atom stereocenters. The van der Waals surface area contributed by atoms with Gasteiger partial charge in [-0.2, -0.15) is 15.6 Å². The topological polar surface area (TPSA) is 97.7 Å². The molecular formula is C25H24N6O. The van der Waals surface area contributed by atoms with Crippen molar-refractivity contribution in [2.24, 2.45) is 0 Å². The van der Waals surface area contributed by atoms with Crippen molar-refractivity contribution >= 4 is 11.6 Å². The number of anilines is 1. The minimum Gasteiger partial charge on any atom is -0.369 e. The summed E-state index contributed by atoms with van der Waals surface area (Å²) < 4.78 is 1.80. The lowest BCUT2D eigenvalue weighted by atomic mass is 10.1. The van der Waals surface area contributed by atoms with Gasteiger partial charge in [-0.3, -0.25) is 9.48 Å². The van der Waals surface area contributed by atoms with Crippen LogP contribution in [-0.2, 0) is 6.54 Å². The van der Waals surface area contributed by atoms with Crippen molar-refractivity contribution in [3.63, 3.8) is 0 Å². The fourth-order valence-electron chi connectivity index (χ4n) is 3.97. The molecular weight excluding hydrogens is 400 g/mol. The van der Waals surface area contributed by atoms with Gasteiger partial charge in [0.25, 0.3) is 5.91 Å². The van der Waals surface area contributed by atoms with Gasteiger partial charge in [-0.15, -0.1) is 0 Å². The van der Waals surface area contributed by atoms with Crippen LogP contribution in [0.15, 0.2) is 48.5 Å². The number of benzene rings is 2. The first-order valence-electron chi connectivity index (χ1n) is 10.5. The standard InChI is InChI=1S/C25H24N6O/c1-16-4-9-21(22(10-16)28-17(2)12-26)23-11-24-25(32)30(14-18(3)31(24)29-23)15-20-7-5-19(13-27)6-8-20/h4-11,17-18,28H,14-15H2,1-3H3. The number of nitriles is 2. The number of aryl methyl sites for hydroxylation is 1. The van der Waals surface area contributed by atoms with E-state index in [0.717, 1.165) is 22.4 Å². The minimum absolute atomic E-state index is 0.0229. The molecule has 0 aliphatic carbocycles. The molecule has 1 N–H and O–H groups in total. The normalized spacial score (nSPS) is 16.1. The van der Waals surface area contributed by atoms with Crippen LogP contribution in [0.2, 0.25) is 0 Å². The Labute approximate surface area is 187 Å². The number of carbonyl (C=O) groups excluding carboxylic acids is 1. The number of carbonyl (C=O) groups is 1. The predicted octanol–water partition coefficient (Wildman–Crippen LogP) is 4.27. The highest BCUT2D eigenvalue weighted by molar-refractivity contribution is 5.95. The monoisotopic (exact) mass is 424 g/mol. The summed E-state index contributed by atoms with van der Waals surface area (Å²) >= 11 is 0. The molecule has 1 aliphatic heterocycles. The summed E-state index contributed by atoms with van der Waals surface area (Å²) in [4.78, 5) is 15.1. The molecule has 1 aliphatic rings. The maximum Gasteiger partial charge on any atom is 0.272 e. The van der Waals surface area contributed by atoms with Gasteiger partial charge in [-0.25, -0.2) is 0 Å². The Hall–Kier alpha value is -4.10. The Kier molecular flexibility index (Phi) is 5.66. The molecule has 0 saturated heterocycles. The van der Waals surface area contributed by atoms with Crippen molar-refractivity contribution in [3.05, 3.63) is 70.9 Å². The average molecular weight is 425 g/mol. The lowest BCUT2D eigenvalue weighted by molar-refractivity contribution is 0.0651. The van der Waals surface area contributed by atoms with Gasteiger partial charge in [0.05, 0.1) is 29.4 Å². The number of rotatable bonds is 5. The van der Waals surface area contributed by atoms with Crippen LogP contribution in [0.4, 0.5) is 5.69 Å². The van der Waals surface area contributed by atoms with E-state index >= 15 is 0 Å². The van der Waals surface area contributed by atoms with Crippen molar-refractivity contribution < 1.29 is 4.79 Å². The van der Waals surface area contributed by atoms with E-state index in [1.165, 1.54) is 0 Å². The third kappa shape index (κ3) is 4.06. The SMILES string of the molecule is Cc1ccc(-c2cc3n(n2)C(C)CN(Cc2ccc(C#N)cc2)C3=O)c(NC(C)C#N)c1. The van der Waals surface area contributed by atoms with Crippen molar-refractivity contribution in [3.8, 4) is 23.4 Å². The third-order valence-electron chi connectivity index (χ3n) is 5.62. The first-order chi connectivity index (χ1) is 15.4. The number of hydrogen-bond donors (Lipinski definition) is 1. The van der Waals surface area contributed by atoms with Gasteiger partial charge in [0.1, 0.15) is 11.7 Å². The second-order valence-corrected chi connectivity index (χ2v) is 8.25. The predicted molar refractivity (Wildman–Crippen MR) is 122 cm³/mol. The molecule has 160 valence electrons. The molecule has 7 heteroatoms. The summed E-state index contributed by atoms with van der Waals surface area (Å²) in [6, 6.07) is 19.1. The lowest BCUT2D eigenvalue weighted by Crippen LogP contribution is -2.41. The molecule has 0 spiro atoms. The van der Waals surface area contributed by atoms with Crippen LogP contribution < -0.4 is 5.32 Å². The van der Waals surface area contributed by atoms with Crippen LogP contribution in [0.3, 0.4) is 0 Å². The number of nitrogens with one attached hydrogen (secondary N) is 1. The van der Waals surface area contributed by atoms with Gasteiger partial charge < -0.3 is 10.2 Å². The minimum atomic E-state index is -0.351. The van der Waals surface area contributed by atoms with Gasteiger partial charge in [0.2, 0.25) is 0 Å². The van der Waals surface area contributed by atoms with Gasteiger partial charge in [0, 0.05) is 24.3 Å². The van der Waals surface area contributed by atoms with E-state index in [9.17, 15) is 10.1 Å². The third-order valence-corrected chi connectivity index (χ3v) is 5.62. The average Bonchev–Trinajstić information content (AvgIpc) is 3.24. The van der Waals surface area contributed by atoms with Crippen LogP contribution in [0.1, 0.15) is 47.1 Å². The Morgan fingerprint density at radius 1 is 1.19 bits per heavy atom. The maximum absolute atomic E-state index is 13.3. The van der Waals surface area contributed by atoms with Gasteiger partial charge >= 0.3 is 0 Å². The molecule has 3 aromatic rings. The molecule has 4 rings (SSSR count). The Balaban J connectivity index is 1.65. The van der Waals surface area contributed by atoms with Crippen molar-refractivity contribution in [1.82, 2.24) is 14.7 Å². The maximum atomic E-state index is 13.3. The first kappa shape index (κ1) is 21.1. The van der Waals surface area contributed by atoms with Crippen molar-refractivity contribution in [1.29, 1.82) is 10.5 Å². The van der Waals surface area contributed by atoms with Gasteiger partial charge in [0.15, 0.2) is 0 Å². The molecule has 2 atom stereocenters. The largest absolute Gasteiger partial charge is 0.369 e. The number of nitrogens with zero attached hydrogens (tertiary/aromatic N) is 5. The summed E-state index contributed by atoms with van der Waals surface area (Å²) in [5, 5.41) is 26.2. The van der Waals surface area contributed by atoms with Gasteiger partial charge in [-0.1, -0.05) is 24.3 Å². The zero-order chi connectivity index (χ0) is 22.8. The zero-order valence-corrected chi connectivity index (χ0v) is 18.3. The highest BCUT2D eigenvalue weighted by Crippen LogP contribution is 2.32. The van der Waals surface area contributed by atoms with Crippen LogP contribution >= 0.6 is 0 Å². The number of amides is 1.